The number of hydrogen-bond acceptors (Lipinski definition) is 11. The molecule has 17 heteroatoms. The zero-order chi connectivity index (χ0) is 50.5. The Labute approximate surface area is 428 Å². The molecule has 1 unspecified atom stereocenters. The van der Waals surface area contributed by atoms with E-state index in [0.29, 0.717) is 42.4 Å². The molecule has 4 aromatic heterocycles. The largest absolute Gasteiger partial charge is 0.490 e. The summed E-state index contributed by atoms with van der Waals surface area (Å²) in [5.41, 5.74) is 8.29. The molecule has 2 fully saturated rings. The Morgan fingerprint density at radius 1 is 0.917 bits per heavy atom. The molecule has 0 spiro atoms. The van der Waals surface area contributed by atoms with Crippen LogP contribution in [0.2, 0.25) is 5.02 Å². The minimum Gasteiger partial charge on any atom is -0.490 e. The quantitative estimate of drug-likeness (QED) is 0.107. The van der Waals surface area contributed by atoms with Gasteiger partial charge in [-0.25, -0.2) is 4.98 Å². The average molecular weight is 1010 g/mol. The Bertz CT molecular complexity index is 3180. The first-order valence-electron chi connectivity index (χ1n) is 24.7. The minimum absolute atomic E-state index is 0.0492. The van der Waals surface area contributed by atoms with Gasteiger partial charge >= 0.3 is 0 Å². The average Bonchev–Trinajstić information content (AvgIpc) is 4.19. The van der Waals surface area contributed by atoms with E-state index in [1.807, 2.05) is 114 Å². The Hall–Kier alpha value is -6.91. The van der Waals surface area contributed by atoms with Crippen LogP contribution in [-0.4, -0.2) is 82.6 Å². The predicted molar refractivity (Wildman–Crippen MR) is 278 cm³/mol. The highest BCUT2D eigenvalue weighted by Gasteiger charge is 2.42. The Morgan fingerprint density at radius 3 is 2.39 bits per heavy atom. The summed E-state index contributed by atoms with van der Waals surface area (Å²) in [5.74, 6) is 2.45. The fraction of sp³-hybridized carbons (Fsp3) is 0.382. The Kier molecular flexibility index (Phi) is 13.5. The molecule has 3 aliphatic rings. The summed E-state index contributed by atoms with van der Waals surface area (Å²) in [7, 11) is 0. The number of aromatic nitrogens is 6. The van der Waals surface area contributed by atoms with Crippen molar-refractivity contribution in [2.75, 3.05) is 6.54 Å². The number of fused-ring (bicyclic) bond motifs is 3. The number of oxazole rings is 1. The Morgan fingerprint density at radius 2 is 1.67 bits per heavy atom. The van der Waals surface area contributed by atoms with Gasteiger partial charge in [-0.05, 0) is 93.8 Å². The van der Waals surface area contributed by atoms with Crippen LogP contribution in [0.1, 0.15) is 116 Å². The zero-order valence-corrected chi connectivity index (χ0v) is 43.3. The van der Waals surface area contributed by atoms with Crippen molar-refractivity contribution < 1.29 is 23.5 Å². The van der Waals surface area contributed by atoms with E-state index in [4.69, 9.17) is 30.8 Å². The number of benzene rings is 3. The summed E-state index contributed by atoms with van der Waals surface area (Å²) in [6, 6.07) is 21.3. The molecule has 372 valence electrons. The van der Waals surface area contributed by atoms with Crippen molar-refractivity contribution in [3.63, 3.8) is 0 Å². The molecule has 1 saturated carbocycles. The summed E-state index contributed by atoms with van der Waals surface area (Å²) < 4.78 is 15.8. The molecule has 0 radical (unpaired) electrons. The second kappa shape index (κ2) is 19.9. The van der Waals surface area contributed by atoms with Gasteiger partial charge in [-0.15, -0.1) is 21.5 Å². The van der Waals surface area contributed by atoms with Crippen molar-refractivity contribution in [3.8, 4) is 33.2 Å². The number of aliphatic imine (C=N–C) groups is 1. The van der Waals surface area contributed by atoms with Gasteiger partial charge in [0.15, 0.2) is 18.0 Å². The molecular weight excluding hydrogens is 948 g/mol. The van der Waals surface area contributed by atoms with Crippen molar-refractivity contribution in [1.29, 1.82) is 0 Å². The maximum absolute atomic E-state index is 14.5. The molecule has 15 nitrogen and oxygen atoms in total. The third-order valence-electron chi connectivity index (χ3n) is 14.3. The second-order valence-electron chi connectivity index (χ2n) is 20.0. The van der Waals surface area contributed by atoms with E-state index in [2.05, 4.69) is 51.2 Å². The number of ether oxygens (including phenoxy) is 1. The number of nitrogens with one attached hydrogen (secondary N) is 2. The smallest absolute Gasteiger partial charge is 0.248 e. The number of hydrogen-bond donors (Lipinski definition) is 2. The fourth-order valence-corrected chi connectivity index (χ4v) is 11.6. The van der Waals surface area contributed by atoms with Crippen LogP contribution < -0.4 is 15.4 Å². The zero-order valence-electron chi connectivity index (χ0n) is 41.7. The molecule has 0 bridgehead atoms. The van der Waals surface area contributed by atoms with E-state index in [1.165, 1.54) is 11.3 Å². The molecule has 3 aromatic carbocycles. The number of amides is 3. The molecule has 1 aliphatic carbocycles. The highest BCUT2D eigenvalue weighted by molar-refractivity contribution is 7.15. The molecule has 3 amide bonds. The van der Waals surface area contributed by atoms with Gasteiger partial charge in [0, 0.05) is 63.8 Å². The van der Waals surface area contributed by atoms with Crippen LogP contribution in [0.15, 0.2) is 101 Å². The lowest BCUT2D eigenvalue weighted by Crippen LogP contribution is -2.49. The van der Waals surface area contributed by atoms with Crippen molar-refractivity contribution >= 4 is 46.4 Å². The van der Waals surface area contributed by atoms with Crippen molar-refractivity contribution in [3.05, 3.63) is 141 Å². The lowest BCUT2D eigenvalue weighted by atomic mass is 9.89. The molecule has 2 aliphatic heterocycles. The van der Waals surface area contributed by atoms with Crippen LogP contribution in [0.4, 0.5) is 0 Å². The summed E-state index contributed by atoms with van der Waals surface area (Å²) in [4.78, 5) is 54.6. The summed E-state index contributed by atoms with van der Waals surface area (Å²) in [6.45, 7) is 16.6. The molecule has 72 heavy (non-hydrogen) atoms. The first-order chi connectivity index (χ1) is 34.6. The number of nitrogens with zero attached hydrogens (tertiary/aromatic N) is 8. The SMILES string of the molecule is Cc1ncoc1-c1ccc(C(C)NC(=O)[C@@H]2C[C@@H](C)CN2C(=O)[C@H](C(C)C)n2cc(-c3cccc(OC4CC(NC(=O)C[C@@H]5N=C(c6ccc(Cl)cc6)c6c(sc(C)c6C)-n6c(C)nnc65)C4)c3)cn2)cc1. The third-order valence-corrected chi connectivity index (χ3v) is 15.8. The van der Waals surface area contributed by atoms with E-state index >= 15 is 0 Å². The van der Waals surface area contributed by atoms with Gasteiger partial charge < -0.3 is 24.7 Å². The van der Waals surface area contributed by atoms with Gasteiger partial charge in [0.2, 0.25) is 17.7 Å². The minimum atomic E-state index is -0.616. The maximum Gasteiger partial charge on any atom is 0.248 e. The molecule has 2 N–H and O–H groups in total. The van der Waals surface area contributed by atoms with Crippen LogP contribution in [-0.2, 0) is 14.4 Å². The highest BCUT2D eigenvalue weighted by Crippen LogP contribution is 2.40. The van der Waals surface area contributed by atoms with Gasteiger partial charge in [0.25, 0.3) is 0 Å². The van der Waals surface area contributed by atoms with Gasteiger partial charge in [0.05, 0.1) is 30.1 Å². The first-order valence-corrected chi connectivity index (χ1v) is 25.9. The first kappa shape index (κ1) is 48.7. The molecule has 10 rings (SSSR count). The van der Waals surface area contributed by atoms with Crippen LogP contribution in [0.3, 0.4) is 0 Å². The number of aryl methyl sites for hydroxylation is 3. The molecule has 7 aromatic rings. The topological polar surface area (TPSA) is 175 Å². The number of rotatable bonds is 14. The lowest BCUT2D eigenvalue weighted by molar-refractivity contribution is -0.142. The molecule has 5 atom stereocenters. The normalized spacial score (nSPS) is 20.2. The molecular formula is C55H59ClN10O5S. The second-order valence-corrected chi connectivity index (χ2v) is 21.6. The van der Waals surface area contributed by atoms with Crippen molar-refractivity contribution in [1.82, 2.24) is 45.1 Å². The van der Waals surface area contributed by atoms with Crippen LogP contribution in [0, 0.1) is 39.5 Å². The number of carbonyl (C=O) groups excluding carboxylic acids is 3. The number of thiophene rings is 1. The van der Waals surface area contributed by atoms with Gasteiger partial charge in [-0.2, -0.15) is 5.10 Å². The summed E-state index contributed by atoms with van der Waals surface area (Å²) in [5, 5.41) is 21.8. The third kappa shape index (κ3) is 9.61. The molecule has 6 heterocycles. The van der Waals surface area contributed by atoms with Crippen molar-refractivity contribution in [2.45, 2.75) is 117 Å². The number of likely N-dealkylation sites (tertiary alicyclic amines) is 1. The predicted octanol–water partition coefficient (Wildman–Crippen LogP) is 10.1. The molecule has 1 saturated heterocycles. The van der Waals surface area contributed by atoms with Gasteiger partial charge in [0.1, 0.15) is 40.8 Å². The van der Waals surface area contributed by atoms with E-state index in [9.17, 15) is 14.4 Å². The van der Waals surface area contributed by atoms with Crippen LogP contribution >= 0.6 is 22.9 Å². The van der Waals surface area contributed by atoms with Crippen molar-refractivity contribution in [2.24, 2.45) is 16.8 Å². The number of carbonyl (C=O) groups is 3. The van der Waals surface area contributed by atoms with E-state index in [1.54, 1.807) is 27.1 Å². The monoisotopic (exact) mass is 1010 g/mol. The summed E-state index contributed by atoms with van der Waals surface area (Å²) in [6.07, 6.45) is 7.03. The van der Waals surface area contributed by atoms with E-state index < -0.39 is 18.1 Å². The lowest BCUT2D eigenvalue weighted by Gasteiger charge is -2.36. The maximum atomic E-state index is 14.5. The van der Waals surface area contributed by atoms with Crippen LogP contribution in [0.25, 0.3) is 27.5 Å². The van der Waals surface area contributed by atoms with E-state index in [0.717, 1.165) is 66.9 Å². The Balaban J connectivity index is 0.762. The fourth-order valence-electron chi connectivity index (χ4n) is 10.3. The van der Waals surface area contributed by atoms with Gasteiger partial charge in [-0.3, -0.25) is 28.6 Å². The van der Waals surface area contributed by atoms with Gasteiger partial charge in [-0.1, -0.05) is 80.9 Å². The standard InChI is InChI=1S/C55H59ClN10O5S/c1-29(2)50(54(69)64-26-30(3)20-46(64)53(68)59-32(5)36-12-14-38(15-13-36)51-33(6)57-28-70-51)65-27-40(25-58-65)39-10-9-11-43(21-39)71-44-22-42(23-44)60-47(67)24-45-52-63-62-35(8)66(52)55-48(31(4)34(7)72-55)49(61-45)37-16-18-41(56)19-17-37/h9-19,21,25,27-30,32,42,44-46,50H,20,22-24,26H2,1-8H3,(H,59,68)(H,60,67)/t30-,32?,42?,44?,45+,46+,50+/m1/s1. The van der Waals surface area contributed by atoms with E-state index in [-0.39, 0.29) is 54.2 Å². The van der Waals surface area contributed by atoms with Crippen LogP contribution in [0.5, 0.6) is 5.75 Å². The number of halogens is 1. The highest BCUT2D eigenvalue weighted by atomic mass is 35.5. The summed E-state index contributed by atoms with van der Waals surface area (Å²) >= 11 is 7.97.